The summed E-state index contributed by atoms with van der Waals surface area (Å²) in [5.74, 6) is 0.0885. The van der Waals surface area contributed by atoms with Gasteiger partial charge in [0.2, 0.25) is 0 Å². The van der Waals surface area contributed by atoms with Crippen LogP contribution >= 0.6 is 0 Å². The highest BCUT2D eigenvalue weighted by atomic mass is 19.1. The summed E-state index contributed by atoms with van der Waals surface area (Å²) in [5, 5.41) is 19.8. The predicted octanol–water partition coefficient (Wildman–Crippen LogP) is 4.98. The number of aromatic nitrogens is 5. The number of rotatable bonds is 5. The number of H-pyrrole nitrogens is 1. The SMILES string of the molecule is Oc1cc(-c2ncc3c(N4CCc5[nH]ncc5C4)nc(OCC45CCCN4CCC5)nc3c2F)c2ccccc2c1. The fraction of sp³-hybridized carbons (Fsp3) is 0.355. The normalized spacial score (nSPS) is 18.2. The first kappa shape index (κ1) is 24.5. The van der Waals surface area contributed by atoms with E-state index in [4.69, 9.17) is 9.72 Å². The van der Waals surface area contributed by atoms with E-state index in [1.165, 1.54) is 0 Å². The number of hydrogen-bond donors (Lipinski definition) is 2. The van der Waals surface area contributed by atoms with Gasteiger partial charge >= 0.3 is 6.01 Å². The second-order valence-corrected chi connectivity index (χ2v) is 11.5. The first-order valence-corrected chi connectivity index (χ1v) is 14.3. The number of phenols is 1. The number of phenolic OH excluding ortho intramolecular Hbond substituents is 1. The van der Waals surface area contributed by atoms with Crippen molar-refractivity contribution in [1.29, 1.82) is 0 Å². The van der Waals surface area contributed by atoms with Crippen molar-refractivity contribution in [3.05, 3.63) is 65.9 Å². The average molecular weight is 552 g/mol. The Morgan fingerprint density at radius 3 is 2.76 bits per heavy atom. The molecule has 3 aliphatic rings. The van der Waals surface area contributed by atoms with Crippen molar-refractivity contribution in [2.24, 2.45) is 0 Å². The van der Waals surface area contributed by atoms with Crippen molar-refractivity contribution in [3.63, 3.8) is 0 Å². The number of benzene rings is 2. The smallest absolute Gasteiger partial charge is 0.319 e. The van der Waals surface area contributed by atoms with Gasteiger partial charge in [0.1, 0.15) is 29.4 Å². The van der Waals surface area contributed by atoms with Crippen molar-refractivity contribution in [3.8, 4) is 23.0 Å². The first-order chi connectivity index (χ1) is 20.1. The number of pyridine rings is 1. The summed E-state index contributed by atoms with van der Waals surface area (Å²) in [7, 11) is 0. The van der Waals surface area contributed by atoms with Gasteiger partial charge < -0.3 is 14.7 Å². The number of halogens is 1. The number of nitrogens with zero attached hydrogens (tertiary/aromatic N) is 6. The van der Waals surface area contributed by atoms with Crippen LogP contribution in [-0.4, -0.2) is 66.9 Å². The number of aromatic amines is 1. The summed E-state index contributed by atoms with van der Waals surface area (Å²) >= 11 is 0. The van der Waals surface area contributed by atoms with Gasteiger partial charge in [-0.2, -0.15) is 15.1 Å². The number of fused-ring (bicyclic) bond motifs is 4. The Hall–Kier alpha value is -4.31. The van der Waals surface area contributed by atoms with Gasteiger partial charge in [-0.05, 0) is 61.7 Å². The Morgan fingerprint density at radius 1 is 1.02 bits per heavy atom. The number of nitrogens with one attached hydrogen (secondary N) is 1. The highest BCUT2D eigenvalue weighted by Gasteiger charge is 2.45. The van der Waals surface area contributed by atoms with Crippen molar-refractivity contribution < 1.29 is 14.2 Å². The maximum Gasteiger partial charge on any atom is 0.319 e. The molecule has 0 atom stereocenters. The molecule has 0 aliphatic carbocycles. The van der Waals surface area contributed by atoms with E-state index in [1.54, 1.807) is 18.3 Å². The highest BCUT2D eigenvalue weighted by Crippen LogP contribution is 2.40. The Balaban J connectivity index is 1.26. The van der Waals surface area contributed by atoms with E-state index in [9.17, 15) is 5.11 Å². The molecule has 2 aromatic carbocycles. The van der Waals surface area contributed by atoms with Crippen LogP contribution in [0.1, 0.15) is 36.9 Å². The molecule has 9 nitrogen and oxygen atoms in total. The lowest BCUT2D eigenvalue weighted by Gasteiger charge is -2.32. The third-order valence-corrected chi connectivity index (χ3v) is 9.13. The number of aromatic hydroxyl groups is 1. The molecule has 3 aromatic heterocycles. The number of ether oxygens (including phenoxy) is 1. The molecular weight excluding hydrogens is 521 g/mol. The maximum absolute atomic E-state index is 16.6. The molecule has 10 heteroatoms. The molecule has 3 aliphatic heterocycles. The largest absolute Gasteiger partial charge is 0.508 e. The molecule has 0 radical (unpaired) electrons. The third kappa shape index (κ3) is 4.00. The Morgan fingerprint density at radius 2 is 1.88 bits per heavy atom. The summed E-state index contributed by atoms with van der Waals surface area (Å²) in [6.45, 7) is 3.96. The summed E-state index contributed by atoms with van der Waals surface area (Å²) in [5.41, 5.74) is 3.01. The molecule has 5 aromatic rings. The first-order valence-electron chi connectivity index (χ1n) is 14.3. The van der Waals surface area contributed by atoms with E-state index in [0.717, 1.165) is 67.2 Å². The highest BCUT2D eigenvalue weighted by molar-refractivity contribution is 5.99. The van der Waals surface area contributed by atoms with Crippen molar-refractivity contribution in [1.82, 2.24) is 30.0 Å². The van der Waals surface area contributed by atoms with Gasteiger partial charge in [0, 0.05) is 42.5 Å². The monoisotopic (exact) mass is 551 g/mol. The van der Waals surface area contributed by atoms with Crippen LogP contribution in [0.15, 0.2) is 48.8 Å². The molecule has 0 bridgehead atoms. The molecule has 2 N–H and O–H groups in total. The van der Waals surface area contributed by atoms with E-state index in [2.05, 4.69) is 30.0 Å². The van der Waals surface area contributed by atoms with Crippen LogP contribution in [0.2, 0.25) is 0 Å². The molecule has 0 unspecified atom stereocenters. The summed E-state index contributed by atoms with van der Waals surface area (Å²) in [4.78, 5) is 18.7. The average Bonchev–Trinajstić information content (AvgIpc) is 3.71. The van der Waals surface area contributed by atoms with Gasteiger partial charge in [0.05, 0.1) is 17.1 Å². The van der Waals surface area contributed by atoms with Gasteiger partial charge in [0.25, 0.3) is 0 Å². The van der Waals surface area contributed by atoms with Crippen molar-refractivity contribution >= 4 is 27.5 Å². The van der Waals surface area contributed by atoms with Gasteiger partial charge in [0.15, 0.2) is 5.82 Å². The van der Waals surface area contributed by atoms with Crippen LogP contribution < -0.4 is 9.64 Å². The van der Waals surface area contributed by atoms with Gasteiger partial charge in [-0.1, -0.05) is 24.3 Å². The third-order valence-electron chi connectivity index (χ3n) is 9.13. The van der Waals surface area contributed by atoms with Crippen LogP contribution in [0, 0.1) is 5.82 Å². The lowest BCUT2D eigenvalue weighted by Crippen LogP contribution is -2.43. The second kappa shape index (κ2) is 9.37. The van der Waals surface area contributed by atoms with Crippen LogP contribution in [0.5, 0.6) is 11.8 Å². The van der Waals surface area contributed by atoms with E-state index in [1.807, 2.05) is 30.5 Å². The van der Waals surface area contributed by atoms with Gasteiger partial charge in [-0.3, -0.25) is 15.0 Å². The molecular formula is C31H30FN7O2. The maximum atomic E-state index is 16.6. The topological polar surface area (TPSA) is 103 Å². The lowest BCUT2D eigenvalue weighted by atomic mass is 9.95. The molecule has 0 spiro atoms. The number of hydrogen-bond acceptors (Lipinski definition) is 8. The zero-order chi connectivity index (χ0) is 27.6. The fourth-order valence-corrected chi connectivity index (χ4v) is 7.07. The predicted molar refractivity (Wildman–Crippen MR) is 154 cm³/mol. The van der Waals surface area contributed by atoms with Crippen LogP contribution in [-0.2, 0) is 13.0 Å². The van der Waals surface area contributed by atoms with Crippen molar-refractivity contribution in [2.75, 3.05) is 31.1 Å². The minimum absolute atomic E-state index is 0.0116. The minimum Gasteiger partial charge on any atom is -0.508 e. The summed E-state index contributed by atoms with van der Waals surface area (Å²) < 4.78 is 22.9. The van der Waals surface area contributed by atoms with Crippen LogP contribution in [0.3, 0.4) is 0 Å². The molecule has 208 valence electrons. The summed E-state index contributed by atoms with van der Waals surface area (Å²) in [6, 6.07) is 11.0. The van der Waals surface area contributed by atoms with E-state index in [-0.39, 0.29) is 28.5 Å². The summed E-state index contributed by atoms with van der Waals surface area (Å²) in [6.07, 6.45) is 8.76. The second-order valence-electron chi connectivity index (χ2n) is 11.5. The van der Waals surface area contributed by atoms with Crippen molar-refractivity contribution in [2.45, 2.75) is 44.2 Å². The molecule has 2 fully saturated rings. The van der Waals surface area contributed by atoms with Crippen LogP contribution in [0.4, 0.5) is 10.2 Å². The number of anilines is 1. The molecule has 41 heavy (non-hydrogen) atoms. The van der Waals surface area contributed by atoms with E-state index < -0.39 is 5.82 Å². The Bertz CT molecular complexity index is 1790. The molecule has 0 amide bonds. The van der Waals surface area contributed by atoms with E-state index in [0.29, 0.717) is 36.5 Å². The quantitative estimate of drug-likeness (QED) is 0.315. The molecule has 0 saturated carbocycles. The van der Waals surface area contributed by atoms with Crippen LogP contribution in [0.25, 0.3) is 32.9 Å². The molecule has 8 rings (SSSR count). The van der Waals surface area contributed by atoms with Gasteiger partial charge in [-0.25, -0.2) is 4.39 Å². The zero-order valence-electron chi connectivity index (χ0n) is 22.6. The molecule has 6 heterocycles. The Labute approximate surface area is 236 Å². The molecule has 2 saturated heterocycles. The standard InChI is InChI=1S/C31H30FN7O2/c32-26-27(23-14-21(40)13-19-5-1-2-6-22(19)23)33-16-24-28(26)35-30(41-18-31-8-3-10-39(31)11-4-9-31)36-29(24)38-12-7-25-20(17-38)15-34-37-25/h1-2,5-6,13-16,40H,3-4,7-12,17-18H2,(H,34,37). The minimum atomic E-state index is -0.561. The fourth-order valence-electron chi connectivity index (χ4n) is 7.07. The lowest BCUT2D eigenvalue weighted by molar-refractivity contribution is 0.108. The Kier molecular flexibility index (Phi) is 5.60. The van der Waals surface area contributed by atoms with E-state index >= 15 is 4.39 Å². The zero-order valence-corrected chi connectivity index (χ0v) is 22.6. The van der Waals surface area contributed by atoms with Gasteiger partial charge in [-0.15, -0.1) is 0 Å².